The number of carbonyl (C=O) groups excluding carboxylic acids is 4. The highest BCUT2D eigenvalue weighted by Crippen LogP contribution is 2.44. The van der Waals surface area contributed by atoms with Crippen LogP contribution in [0.4, 0.5) is 4.79 Å². The highest BCUT2D eigenvalue weighted by atomic mass is 16.7. The van der Waals surface area contributed by atoms with Crippen molar-refractivity contribution in [1.82, 2.24) is 29.3 Å². The summed E-state index contributed by atoms with van der Waals surface area (Å²) in [7, 11) is 5.22. The topological polar surface area (TPSA) is 185 Å². The molecule has 0 saturated carbocycles. The van der Waals surface area contributed by atoms with Crippen LogP contribution in [0.3, 0.4) is 0 Å². The summed E-state index contributed by atoms with van der Waals surface area (Å²) in [5, 5.41) is 11.5. The lowest BCUT2D eigenvalue weighted by Gasteiger charge is -2.47. The van der Waals surface area contributed by atoms with E-state index in [4.69, 9.17) is 23.7 Å². The number of likely N-dealkylation sites (N-methyl/N-ethyl adjacent to an activating group) is 1. The van der Waals surface area contributed by atoms with Crippen molar-refractivity contribution in [2.45, 2.75) is 141 Å². The number of hydrogen-bond donors (Lipinski definition) is 1. The Morgan fingerprint density at radius 1 is 1.03 bits per heavy atom. The predicted octanol–water partition coefficient (Wildman–Crippen LogP) is 4.49. The third kappa shape index (κ3) is 9.46. The number of ether oxygens (including phenoxy) is 5. The Morgan fingerprint density at radius 3 is 2.34 bits per heavy atom. The number of cyclic esters (lactones) is 1. The summed E-state index contributed by atoms with van der Waals surface area (Å²) in [4.78, 5) is 73.2. The first-order chi connectivity index (χ1) is 27.9. The summed E-state index contributed by atoms with van der Waals surface area (Å²) in [6, 6.07) is -1.19. The highest BCUT2D eigenvalue weighted by Gasteiger charge is 2.61. The Morgan fingerprint density at radius 2 is 1.71 bits per heavy atom. The fourth-order valence-corrected chi connectivity index (χ4v) is 9.32. The molecule has 0 radical (unpaired) electrons. The summed E-state index contributed by atoms with van der Waals surface area (Å²) >= 11 is 0. The molecule has 1 N–H and O–H groups in total. The van der Waals surface area contributed by atoms with E-state index in [0.717, 1.165) is 11.3 Å². The van der Waals surface area contributed by atoms with Crippen molar-refractivity contribution in [2.75, 3.05) is 27.7 Å². The molecule has 3 saturated heterocycles. The number of aliphatic hydroxyl groups excluding tert-OH is 1. The standard InChI is InChI=1S/C43H64N6O10/c1-12-33-43(13-2)37(49(41(54)59-43)17-15-14-16-48-22-31(46-24-48)30-20-44-23-45-21-30)27(5)34(50)25(3)19-42(8,55-11)38(28(6)35(51)29(7)39(53)57-33)58-40-36(52)32(47(9)10)18-26(4)56-40/h13,20-29,32-33,36-38,40,52H,2,12,14-19H2,1,3-11H3/t25-,26-,27+,28+,29-,32+,33-,36-,37-,38-,40+,42-,43-/m1/s1. The number of aromatic nitrogens is 4. The summed E-state index contributed by atoms with van der Waals surface area (Å²) in [5.41, 5.74) is -1.35. The van der Waals surface area contributed by atoms with E-state index in [9.17, 15) is 24.3 Å². The van der Waals surface area contributed by atoms with Crippen LogP contribution in [0.25, 0.3) is 11.3 Å². The normalized spacial score (nSPS) is 36.2. The number of ketones is 2. The van der Waals surface area contributed by atoms with Gasteiger partial charge in [-0.25, -0.2) is 19.7 Å². The molecule has 16 nitrogen and oxygen atoms in total. The van der Waals surface area contributed by atoms with E-state index >= 15 is 0 Å². The third-order valence-electron chi connectivity index (χ3n) is 12.7. The largest absolute Gasteiger partial charge is 0.457 e. The molecule has 3 aliphatic rings. The van der Waals surface area contributed by atoms with Gasteiger partial charge in [-0.3, -0.25) is 19.3 Å². The van der Waals surface area contributed by atoms with Gasteiger partial charge in [0, 0.05) is 68.1 Å². The molecule has 0 bridgehead atoms. The van der Waals surface area contributed by atoms with E-state index in [1.54, 1.807) is 58.2 Å². The van der Waals surface area contributed by atoms with Crippen molar-refractivity contribution in [1.29, 1.82) is 0 Å². The van der Waals surface area contributed by atoms with Crippen LogP contribution >= 0.6 is 0 Å². The molecule has 59 heavy (non-hydrogen) atoms. The van der Waals surface area contributed by atoms with Crippen molar-refractivity contribution in [2.24, 2.45) is 23.7 Å². The fraction of sp³-hybridized carbons (Fsp3) is 0.698. The van der Waals surface area contributed by atoms with Gasteiger partial charge in [0.05, 0.1) is 35.9 Å². The van der Waals surface area contributed by atoms with Crippen LogP contribution in [0.15, 0.2) is 43.9 Å². The molecule has 0 spiro atoms. The quantitative estimate of drug-likeness (QED) is 0.137. The van der Waals surface area contributed by atoms with Crippen LogP contribution in [-0.4, -0.2) is 140 Å². The van der Waals surface area contributed by atoms with E-state index < -0.39 is 83.4 Å². The Kier molecular flexibility index (Phi) is 14.9. The summed E-state index contributed by atoms with van der Waals surface area (Å²) in [5.74, 6) is -5.23. The minimum absolute atomic E-state index is 0.102. The number of aliphatic hydroxyl groups is 1. The maximum Gasteiger partial charge on any atom is 0.411 e. The second-order valence-corrected chi connectivity index (χ2v) is 17.1. The van der Waals surface area contributed by atoms with E-state index in [0.29, 0.717) is 25.8 Å². The van der Waals surface area contributed by atoms with Crippen LogP contribution in [-0.2, 0) is 44.6 Å². The lowest BCUT2D eigenvalue weighted by atomic mass is 9.72. The van der Waals surface area contributed by atoms with Gasteiger partial charge in [0.25, 0.3) is 0 Å². The number of imidazole rings is 1. The number of fused-ring (bicyclic) bond motifs is 1. The highest BCUT2D eigenvalue weighted by molar-refractivity contribution is 6.00. The molecule has 0 aliphatic carbocycles. The van der Waals surface area contributed by atoms with Crippen molar-refractivity contribution in [3.63, 3.8) is 0 Å². The Labute approximate surface area is 348 Å². The number of rotatable bonds is 12. The van der Waals surface area contributed by atoms with Gasteiger partial charge >= 0.3 is 12.1 Å². The molecule has 2 aromatic rings. The van der Waals surface area contributed by atoms with E-state index in [1.165, 1.54) is 26.4 Å². The van der Waals surface area contributed by atoms with Crippen LogP contribution in [0.1, 0.15) is 80.6 Å². The smallest absolute Gasteiger partial charge is 0.411 e. The van der Waals surface area contributed by atoms with E-state index in [1.807, 2.05) is 36.7 Å². The first kappa shape index (κ1) is 46.0. The maximum absolute atomic E-state index is 14.8. The fourth-order valence-electron chi connectivity index (χ4n) is 9.32. The molecule has 1 amide bonds. The molecular weight excluding hydrogens is 761 g/mol. The molecule has 5 rings (SSSR count). The van der Waals surface area contributed by atoms with Crippen molar-refractivity contribution in [3.05, 3.63) is 43.9 Å². The summed E-state index contributed by atoms with van der Waals surface area (Å²) < 4.78 is 33.2. The predicted molar refractivity (Wildman–Crippen MR) is 217 cm³/mol. The van der Waals surface area contributed by atoms with Crippen LogP contribution in [0.2, 0.25) is 0 Å². The van der Waals surface area contributed by atoms with Gasteiger partial charge in [-0.2, -0.15) is 0 Å². The first-order valence-corrected chi connectivity index (χ1v) is 20.8. The molecule has 16 heteroatoms. The van der Waals surface area contributed by atoms with Gasteiger partial charge in [-0.1, -0.05) is 34.3 Å². The molecular formula is C43H64N6O10. The van der Waals surface area contributed by atoms with E-state index in [2.05, 4.69) is 21.5 Å². The Bertz CT molecular complexity index is 1790. The van der Waals surface area contributed by atoms with Gasteiger partial charge in [0.2, 0.25) is 0 Å². The monoisotopic (exact) mass is 824 g/mol. The number of unbranched alkanes of at least 4 members (excludes halogenated alkanes) is 1. The molecule has 3 fully saturated rings. The minimum Gasteiger partial charge on any atom is -0.457 e. The second kappa shape index (κ2) is 19.1. The molecule has 2 aromatic heterocycles. The number of esters is 1. The number of carbonyl (C=O) groups is 4. The van der Waals surface area contributed by atoms with Gasteiger partial charge in [0.15, 0.2) is 17.7 Å². The maximum atomic E-state index is 14.8. The van der Waals surface area contributed by atoms with Crippen LogP contribution in [0, 0.1) is 23.7 Å². The number of Topliss-reactive ketones (excluding diaryl/α,β-unsaturated/α-hetero) is 2. The number of hydrogen-bond acceptors (Lipinski definition) is 14. The molecule has 0 unspecified atom stereocenters. The van der Waals surface area contributed by atoms with Gasteiger partial charge in [-0.05, 0) is 73.0 Å². The zero-order valence-corrected chi connectivity index (χ0v) is 36.3. The van der Waals surface area contributed by atoms with Crippen LogP contribution < -0.4 is 0 Å². The third-order valence-corrected chi connectivity index (χ3v) is 12.7. The van der Waals surface area contributed by atoms with Crippen molar-refractivity contribution < 1.29 is 48.0 Å². The Balaban J connectivity index is 1.46. The summed E-state index contributed by atoms with van der Waals surface area (Å²) in [6.45, 7) is 17.1. The number of amides is 1. The second-order valence-electron chi connectivity index (χ2n) is 17.1. The van der Waals surface area contributed by atoms with Crippen molar-refractivity contribution >= 4 is 23.6 Å². The SMILES string of the molecule is C=C[C@]12OC(=O)N(CCCCn3cnc(-c4cncnc4)c3)[C@@H]1[C@@H](C)C(=O)[C@H](C)C[C@@](C)(OC)[C@H](O[C@@H]1O[C@H](C)C[C@H](N(C)C)[C@H]1O)[C@@H](C)C(=O)[C@@H](C)C(=O)O[C@@H]2CC. The molecule has 5 heterocycles. The van der Waals surface area contributed by atoms with Crippen molar-refractivity contribution in [3.8, 4) is 11.3 Å². The molecule has 13 atom stereocenters. The molecule has 326 valence electrons. The molecule has 0 aromatic carbocycles. The minimum atomic E-state index is -1.60. The lowest BCUT2D eigenvalue weighted by molar-refractivity contribution is -0.295. The summed E-state index contributed by atoms with van der Waals surface area (Å²) in [6.07, 6.45) is 6.80. The number of aryl methyl sites for hydroxylation is 1. The Hall–Kier alpha value is -4.09. The van der Waals surface area contributed by atoms with Gasteiger partial charge in [0.1, 0.15) is 30.2 Å². The lowest BCUT2D eigenvalue weighted by Crippen LogP contribution is -2.60. The van der Waals surface area contributed by atoms with Gasteiger partial charge in [-0.15, -0.1) is 0 Å². The average molecular weight is 825 g/mol. The molecule has 3 aliphatic heterocycles. The van der Waals surface area contributed by atoms with Gasteiger partial charge < -0.3 is 38.3 Å². The van der Waals surface area contributed by atoms with E-state index in [-0.39, 0.29) is 37.3 Å². The first-order valence-electron chi connectivity index (χ1n) is 20.8. The number of nitrogens with zero attached hydrogens (tertiary/aromatic N) is 6. The zero-order chi connectivity index (χ0) is 43.4. The average Bonchev–Trinajstić information content (AvgIpc) is 3.82. The van der Waals surface area contributed by atoms with Crippen LogP contribution in [0.5, 0.6) is 0 Å². The number of methoxy groups -OCH3 is 1. The zero-order valence-electron chi connectivity index (χ0n) is 36.3.